The zero-order valence-electron chi connectivity index (χ0n) is 104. The fraction of sp³-hybridized carbons (Fsp3) is 0. The molecule has 11 nitrogen and oxygen atoms in total. The van der Waals surface area contributed by atoms with Crippen molar-refractivity contribution in [2.75, 3.05) is 0 Å². The lowest BCUT2D eigenvalue weighted by atomic mass is 10.1. The van der Waals surface area contributed by atoms with Gasteiger partial charge in [-0.25, -0.2) is 9.97 Å². The van der Waals surface area contributed by atoms with Crippen LogP contribution in [0.5, 0.6) is 0 Å². The van der Waals surface area contributed by atoms with Crippen LogP contribution in [0, 0.1) is 0 Å². The van der Waals surface area contributed by atoms with Crippen LogP contribution in [-0.2, 0) is 0 Å². The van der Waals surface area contributed by atoms with E-state index >= 15 is 0 Å². The van der Waals surface area contributed by atoms with Gasteiger partial charge in [0.1, 0.15) is 11.2 Å². The van der Waals surface area contributed by atoms with E-state index in [-0.39, 0.29) is 21.6 Å². The molecule has 12 heteroatoms. The van der Waals surface area contributed by atoms with Crippen LogP contribution in [0.15, 0.2) is 331 Å². The van der Waals surface area contributed by atoms with Gasteiger partial charge in [0.25, 0.3) is 0 Å². The number of hydrogen-bond donors (Lipinski definition) is 0. The van der Waals surface area contributed by atoms with Crippen molar-refractivity contribution in [1.82, 2.24) is 48.2 Å². The molecule has 0 aliphatic rings. The first-order chi connectivity index (χ1) is 73.0. The standard InChI is InChI=1S/C45H27N5O.C45H27N5S.H2/c2*1-3-14-28(15-4-1)43-46-44(36-22-13-21-35-32-20-9-12-25-39(32)51-42(35)36)48-45(47-43)50-38-24-11-8-19-31(38)34-27-26-33-30-18-7-10-23-37(30)49(40(33)41(34)50)29-16-5-2-6-17-29;/h2*1-27H;1H/i2*1D,2D,3D,4D,5D,6D,7D,8D,9D,10D,11D,12D,13D,14D,15D,16D,17D,18D,19D,20D,21D,22D,23D,24D,25D,26D,27D;1+1. The first kappa shape index (κ1) is 25.6. The van der Waals surface area contributed by atoms with Gasteiger partial charge in [0, 0.05) is 104 Å². The quantitative estimate of drug-likeness (QED) is 0.149. The first-order valence-electron chi connectivity index (χ1n) is 56.7. The van der Waals surface area contributed by atoms with E-state index in [1.807, 2.05) is 0 Å². The zero-order chi connectivity index (χ0) is 114. The van der Waals surface area contributed by atoms with Crippen molar-refractivity contribution < 1.29 is 79.9 Å². The van der Waals surface area contributed by atoms with E-state index in [0.717, 1.165) is 18.3 Å². The average molecular weight is 1380 g/mol. The maximum absolute atomic E-state index is 9.67. The van der Waals surface area contributed by atoms with E-state index < -0.39 is 504 Å². The molecule has 0 unspecified atom stereocenters. The number of para-hydroxylation sites is 8. The molecule has 0 N–H and O–H groups in total. The van der Waals surface area contributed by atoms with Crippen LogP contribution in [0.3, 0.4) is 0 Å². The van der Waals surface area contributed by atoms with Gasteiger partial charge in [0.15, 0.2) is 23.3 Å². The molecule has 0 spiro atoms. The summed E-state index contributed by atoms with van der Waals surface area (Å²) in [4.78, 5) is 27.4. The molecule has 8 aromatic heterocycles. The molecule has 0 aliphatic heterocycles. The summed E-state index contributed by atoms with van der Waals surface area (Å²) in [5.74, 6) is -5.08. The van der Waals surface area contributed by atoms with Crippen LogP contribution >= 0.6 is 11.3 Å². The van der Waals surface area contributed by atoms with E-state index in [2.05, 4.69) is 24.9 Å². The highest BCUT2D eigenvalue weighted by Crippen LogP contribution is 2.46. The van der Waals surface area contributed by atoms with Crippen LogP contribution in [-0.4, -0.2) is 48.2 Å². The third-order valence-corrected chi connectivity index (χ3v) is 17.4. The van der Waals surface area contributed by atoms with E-state index in [1.54, 1.807) is 0 Å². The summed E-state index contributed by atoms with van der Waals surface area (Å²) in [6.07, 6.45) is 0. The van der Waals surface area contributed by atoms with E-state index in [4.69, 9.17) is 58.7 Å². The van der Waals surface area contributed by atoms with Crippen LogP contribution in [0.4, 0.5) is 0 Å². The molecule has 8 heterocycles. The smallest absolute Gasteiger partial charge is 0.238 e. The van der Waals surface area contributed by atoms with Crippen LogP contribution in [0.2, 0.25) is 0 Å². The maximum Gasteiger partial charge on any atom is 0.238 e. The molecule has 14 aromatic carbocycles. The lowest BCUT2D eigenvalue weighted by Gasteiger charge is -2.13. The average Bonchev–Trinajstić information content (AvgIpc) is 1.51. The van der Waals surface area contributed by atoms with Gasteiger partial charge in [-0.15, -0.1) is 11.3 Å². The highest BCUT2D eigenvalue weighted by atomic mass is 32.1. The molecule has 0 atom stereocenters. The summed E-state index contributed by atoms with van der Waals surface area (Å²) in [5.41, 5.74) is -10.4. The zero-order valence-corrected chi connectivity index (χ0v) is 51.1. The van der Waals surface area contributed by atoms with Gasteiger partial charge >= 0.3 is 0 Å². The van der Waals surface area contributed by atoms with Gasteiger partial charge in [-0.2, -0.15) is 19.9 Å². The lowest BCUT2D eigenvalue weighted by Crippen LogP contribution is -2.07. The molecule has 478 valence electrons. The minimum absolute atomic E-state index is 0. The Morgan fingerprint density at radius 3 is 1.11 bits per heavy atom. The molecule has 22 rings (SSSR count). The van der Waals surface area contributed by atoms with Gasteiger partial charge in [-0.05, 0) is 72.5 Å². The number of furan rings is 1. The summed E-state index contributed by atoms with van der Waals surface area (Å²) < 4.78 is 491. The Bertz CT molecular complexity index is 9910. The van der Waals surface area contributed by atoms with Crippen LogP contribution < -0.4 is 0 Å². The van der Waals surface area contributed by atoms with E-state index in [0.29, 0.717) is 11.3 Å². The minimum atomic E-state index is -0.969. The van der Waals surface area contributed by atoms with Crippen molar-refractivity contribution in [3.05, 3.63) is 326 Å². The Labute approximate surface area is 663 Å². The summed E-state index contributed by atoms with van der Waals surface area (Å²) in [6.45, 7) is 0. The summed E-state index contributed by atoms with van der Waals surface area (Å²) in [7, 11) is 0. The number of fused-ring (bicyclic) bond motifs is 20. The molecule has 0 bridgehead atoms. The summed E-state index contributed by atoms with van der Waals surface area (Å²) in [6, 6.07) is -46.8. The Morgan fingerprint density at radius 1 is 0.265 bits per heavy atom. The number of hydrogen-bond acceptors (Lipinski definition) is 8. The fourth-order valence-corrected chi connectivity index (χ4v) is 13.3. The highest BCUT2D eigenvalue weighted by Gasteiger charge is 2.27. The Balaban J connectivity index is 0.000000187. The monoisotopic (exact) mass is 1380 g/mol. The lowest BCUT2D eigenvalue weighted by molar-refractivity contribution is 0.669. The minimum Gasteiger partial charge on any atom is -0.455 e. The second-order valence-corrected chi connectivity index (χ2v) is 22.7. The van der Waals surface area contributed by atoms with E-state index in [1.165, 1.54) is 0 Å². The van der Waals surface area contributed by atoms with Crippen molar-refractivity contribution in [3.8, 4) is 68.8 Å². The van der Waals surface area contributed by atoms with Crippen molar-refractivity contribution in [2.45, 2.75) is 0 Å². The molecule has 0 radical (unpaired) electrons. The molecule has 0 saturated carbocycles. The van der Waals surface area contributed by atoms with Crippen molar-refractivity contribution in [2.24, 2.45) is 0 Å². The Morgan fingerprint density at radius 2 is 0.618 bits per heavy atom. The number of rotatable bonds is 8. The number of benzene rings is 14. The van der Waals surface area contributed by atoms with Gasteiger partial charge in [0.05, 0.1) is 124 Å². The maximum atomic E-state index is 9.67. The van der Waals surface area contributed by atoms with Gasteiger partial charge in [-0.1, -0.05) is 254 Å². The van der Waals surface area contributed by atoms with Crippen LogP contribution in [0.1, 0.15) is 75.4 Å². The van der Waals surface area contributed by atoms with Gasteiger partial charge in [0.2, 0.25) is 11.9 Å². The molecular weight excluding hydrogens is 1270 g/mol. The second-order valence-electron chi connectivity index (χ2n) is 21.7. The molecule has 0 amide bonds. The second kappa shape index (κ2) is 23.0. The van der Waals surface area contributed by atoms with Crippen LogP contribution in [0.25, 0.3) is 198 Å². The van der Waals surface area contributed by atoms with Crippen molar-refractivity contribution in [1.29, 1.82) is 0 Å². The topological polar surface area (TPSA) is 110 Å². The SMILES string of the molecule is [2HH].[2H]c1c([2H])c([2H])c(-c2nc(-c3c([2H])c([2H])c([2H])c4c3oc3c([2H])c([2H])c([2H])c([2H])c34)nc(-n3c4c([2H])c([2H])c([2H])c([2H])c4c4c([2H])c([2H])c5c6c([2H])c([2H])c([2H])c([2H])c6n(-c6c([2H])c([2H])c([2H])c([2H])c6[2H])c5c43)n2)c([2H])c1[2H].[2H]c1c([2H])c([2H])c(-c2nc(-c3c([2H])c([2H])c([2H])c4c3sc3c([2H])c([2H])c([2H])c([2H])c34)nc(-n3c4c([2H])c([2H])c([2H])c([2H])c4c4c([2H])c([2H])c5c6c([2H])c([2H])c([2H])c([2H])c6n(-c6c([2H])c([2H])c([2H])c([2H])c6[2H])c5c43)n2)c([2H])c1[2H]. The fourth-order valence-electron chi connectivity index (χ4n) is 12.3. The molecule has 0 saturated heterocycles. The molecule has 0 fully saturated rings. The van der Waals surface area contributed by atoms with Gasteiger partial charge < -0.3 is 13.6 Å². The molecule has 102 heavy (non-hydrogen) atoms. The van der Waals surface area contributed by atoms with Crippen molar-refractivity contribution in [3.63, 3.8) is 0 Å². The molecular formula is C90H56N10OS. The Kier molecular flexibility index (Phi) is 5.75. The highest BCUT2D eigenvalue weighted by molar-refractivity contribution is 7.26. The summed E-state index contributed by atoms with van der Waals surface area (Å²) in [5, 5.41) is -5.85. The largest absolute Gasteiger partial charge is 0.455 e. The van der Waals surface area contributed by atoms with E-state index in [9.17, 15) is 24.7 Å². The third-order valence-electron chi connectivity index (χ3n) is 16.3. The van der Waals surface area contributed by atoms with Gasteiger partial charge in [-0.3, -0.25) is 9.13 Å². The predicted molar refractivity (Wildman–Crippen MR) is 421 cm³/mol. The molecule has 22 aromatic rings. The predicted octanol–water partition coefficient (Wildman–Crippen LogP) is 23.3. The number of aromatic nitrogens is 10. The number of thiophene rings is 1. The molecule has 0 aliphatic carbocycles. The first-order valence-corrected chi connectivity index (χ1v) is 30.5. The normalized spacial score (nSPS) is 19.3. The van der Waals surface area contributed by atoms with Crippen molar-refractivity contribution >= 4 is 141 Å². The summed E-state index contributed by atoms with van der Waals surface area (Å²) >= 11 is 0.638. The number of nitrogens with zero attached hydrogens (tertiary/aromatic N) is 10. The third kappa shape index (κ3) is 8.86. The Hall–Kier alpha value is -13.7.